The van der Waals surface area contributed by atoms with Crippen LogP contribution in [0, 0.1) is 0 Å². The van der Waals surface area contributed by atoms with Gasteiger partial charge >= 0.3 is 0 Å². The van der Waals surface area contributed by atoms with Crippen molar-refractivity contribution in [2.24, 2.45) is 0 Å². The van der Waals surface area contributed by atoms with Crippen LogP contribution in [0.25, 0.3) is 275 Å². The SMILES string of the molecule is c1ccc(-c2nc(-c3ccc4c(ccc5ccccc54)c3)nc(-c3ccc4ccc5c6ccccc6ccc5c4c3)n2)cc1.c1ccc(-c2nc(-c3ccc4ccc5c6ccccc6ccc5c4c3)nc(-c3cc4ccccc4c4ccccc34)n2)cc1.c1ccc(-c2nc(-c3ccc4ccc5c6ccccc6ccc5c4c3)nc(-c3ccc4ccc5c6ccccc6ccc5c4c3)n2)cc1. The Balaban J connectivity index is 0.000000106. The summed E-state index contributed by atoms with van der Waals surface area (Å²) in [6.07, 6.45) is 0. The highest BCUT2D eigenvalue weighted by Crippen LogP contribution is 2.43. The zero-order chi connectivity index (χ0) is 89.7. The Hall–Kier alpha value is -18.3. The van der Waals surface area contributed by atoms with Crippen LogP contribution in [0.4, 0.5) is 0 Å². The van der Waals surface area contributed by atoms with Gasteiger partial charge in [-0.2, -0.15) is 0 Å². The third-order valence-corrected chi connectivity index (χ3v) is 27.0. The van der Waals surface area contributed by atoms with E-state index in [1.54, 1.807) is 0 Å². The molecule has 0 saturated carbocycles. The van der Waals surface area contributed by atoms with E-state index in [2.05, 4.69) is 413 Å². The van der Waals surface area contributed by atoms with Gasteiger partial charge in [-0.15, -0.1) is 0 Å². The van der Waals surface area contributed by atoms with Crippen LogP contribution in [-0.4, -0.2) is 44.9 Å². The Morgan fingerprint density at radius 1 is 0.0882 bits per heavy atom. The van der Waals surface area contributed by atoms with Gasteiger partial charge in [-0.3, -0.25) is 0 Å². The van der Waals surface area contributed by atoms with Gasteiger partial charge in [0.2, 0.25) is 0 Å². The van der Waals surface area contributed by atoms with Crippen LogP contribution in [0.5, 0.6) is 0 Å². The molecule has 28 aromatic rings. The van der Waals surface area contributed by atoms with Crippen molar-refractivity contribution in [2.45, 2.75) is 0 Å². The largest absolute Gasteiger partial charge is 0.208 e. The summed E-state index contributed by atoms with van der Waals surface area (Å²) >= 11 is 0. The predicted octanol–water partition coefficient (Wildman–Crippen LogP) is 33.1. The fourth-order valence-corrected chi connectivity index (χ4v) is 20.3. The van der Waals surface area contributed by atoms with Crippen LogP contribution in [0.15, 0.2) is 467 Å². The Labute approximate surface area is 781 Å². The lowest BCUT2D eigenvalue weighted by Crippen LogP contribution is -2.00. The molecule has 0 aliphatic carbocycles. The highest BCUT2D eigenvalue weighted by molar-refractivity contribution is 6.23. The van der Waals surface area contributed by atoms with Gasteiger partial charge in [0.25, 0.3) is 0 Å². The molecule has 25 aromatic carbocycles. The minimum Gasteiger partial charge on any atom is -0.208 e. The molecule has 0 amide bonds. The Morgan fingerprint density at radius 3 is 0.574 bits per heavy atom. The van der Waals surface area contributed by atoms with Crippen molar-refractivity contribution in [2.75, 3.05) is 0 Å². The molecule has 136 heavy (non-hydrogen) atoms. The number of hydrogen-bond donors (Lipinski definition) is 0. The number of nitrogens with zero attached hydrogens (tertiary/aromatic N) is 9. The standard InChI is InChI=1S/C45H27N3.2C41H25N3/c1-2-10-32(11-3-1)43-46-44(33-16-14-30-20-22-37-35-12-6-4-8-28(35)18-24-39(37)41(30)26-33)48-45(47-43)34-17-15-31-21-23-38-36-13-7-5-9-29(36)19-25-40(38)42(31)27-34;1-2-11-28(12-3-1)39-42-40(44-41(43-39)38-24-29-13-5-7-15-32(29)33-16-8-9-17-34(33)38)30-19-18-27-21-22-35-31-14-6-4-10-26(31)20-23-36(35)37(27)25-30;1-2-10-29(11-3-1)39-42-40(31-20-21-35-30(24-31)16-14-26-8-4-6-12-33(26)35)44-41(43-39)32-17-15-28-19-22-36-34-13-7-5-9-27(34)18-23-37(36)38(28)25-32/h1-27H;2*1-25H. The highest BCUT2D eigenvalue weighted by atomic mass is 15.1. The molecule has 9 heteroatoms. The van der Waals surface area contributed by atoms with Gasteiger partial charge in [-0.05, 0) is 209 Å². The van der Waals surface area contributed by atoms with Gasteiger partial charge in [0.1, 0.15) is 0 Å². The van der Waals surface area contributed by atoms with Gasteiger partial charge in [-0.25, -0.2) is 44.9 Å². The van der Waals surface area contributed by atoms with Crippen LogP contribution in [0.2, 0.25) is 0 Å². The Bertz CT molecular complexity index is 9600. The van der Waals surface area contributed by atoms with E-state index in [1.165, 1.54) is 156 Å². The van der Waals surface area contributed by atoms with Gasteiger partial charge in [0.05, 0.1) is 0 Å². The van der Waals surface area contributed by atoms with Gasteiger partial charge < -0.3 is 0 Å². The lowest BCUT2D eigenvalue weighted by molar-refractivity contribution is 1.07. The van der Waals surface area contributed by atoms with Crippen LogP contribution >= 0.6 is 0 Å². The molecule has 0 bridgehead atoms. The molecule has 0 spiro atoms. The first-order valence-electron chi connectivity index (χ1n) is 46.0. The lowest BCUT2D eigenvalue weighted by atomic mass is 9.95. The average molecular weight is 1730 g/mol. The van der Waals surface area contributed by atoms with Crippen LogP contribution in [0.1, 0.15) is 0 Å². The molecule has 3 heterocycles. The van der Waals surface area contributed by atoms with E-state index < -0.39 is 0 Å². The third kappa shape index (κ3) is 14.1. The minimum atomic E-state index is 0.655. The molecule has 630 valence electrons. The minimum absolute atomic E-state index is 0.655. The van der Waals surface area contributed by atoms with Crippen molar-refractivity contribution < 1.29 is 0 Å². The maximum Gasteiger partial charge on any atom is 0.164 e. The van der Waals surface area contributed by atoms with E-state index in [-0.39, 0.29) is 0 Å². The molecule has 0 fully saturated rings. The molecule has 28 rings (SSSR count). The summed E-state index contributed by atoms with van der Waals surface area (Å²) in [5, 5.41) is 38.9. The first-order chi connectivity index (χ1) is 67.3. The third-order valence-electron chi connectivity index (χ3n) is 27.0. The molecular weight excluding hydrogens is 1650 g/mol. The summed E-state index contributed by atoms with van der Waals surface area (Å²) in [5.41, 5.74) is 8.68. The van der Waals surface area contributed by atoms with E-state index >= 15 is 0 Å². The van der Waals surface area contributed by atoms with Crippen molar-refractivity contribution in [3.05, 3.63) is 467 Å². The van der Waals surface area contributed by atoms with Crippen molar-refractivity contribution >= 4 is 172 Å². The monoisotopic (exact) mass is 1730 g/mol. The lowest BCUT2D eigenvalue weighted by Gasteiger charge is -2.13. The number of hydrogen-bond acceptors (Lipinski definition) is 9. The fourth-order valence-electron chi connectivity index (χ4n) is 20.3. The second-order valence-corrected chi connectivity index (χ2v) is 35.0. The fraction of sp³-hybridized carbons (Fsp3) is 0. The molecule has 0 atom stereocenters. The molecule has 0 N–H and O–H groups in total. The summed E-state index contributed by atoms with van der Waals surface area (Å²) in [6, 6.07) is 165. The molecule has 0 aliphatic heterocycles. The Morgan fingerprint density at radius 2 is 0.257 bits per heavy atom. The second-order valence-electron chi connectivity index (χ2n) is 35.0. The van der Waals surface area contributed by atoms with Gasteiger partial charge in [0.15, 0.2) is 52.4 Å². The maximum atomic E-state index is 5.17. The van der Waals surface area contributed by atoms with Crippen LogP contribution < -0.4 is 0 Å². The van der Waals surface area contributed by atoms with Crippen molar-refractivity contribution in [3.63, 3.8) is 0 Å². The topological polar surface area (TPSA) is 116 Å². The molecular formula is C127H77N9. The van der Waals surface area contributed by atoms with Crippen molar-refractivity contribution in [1.82, 2.24) is 44.9 Å². The van der Waals surface area contributed by atoms with Gasteiger partial charge in [-0.1, -0.05) is 431 Å². The maximum absolute atomic E-state index is 5.17. The molecule has 9 nitrogen and oxygen atoms in total. The molecule has 3 aromatic heterocycles. The van der Waals surface area contributed by atoms with E-state index in [4.69, 9.17) is 44.9 Å². The number of rotatable bonds is 9. The van der Waals surface area contributed by atoms with Crippen molar-refractivity contribution in [3.8, 4) is 102 Å². The molecule has 0 saturated heterocycles. The smallest absolute Gasteiger partial charge is 0.164 e. The van der Waals surface area contributed by atoms with E-state index in [1.807, 2.05) is 54.6 Å². The zero-order valence-electron chi connectivity index (χ0n) is 73.5. The number of benzene rings is 25. The molecule has 0 radical (unpaired) electrons. The quantitative estimate of drug-likeness (QED) is 0.130. The van der Waals surface area contributed by atoms with E-state index in [0.717, 1.165) is 66.2 Å². The molecule has 0 aliphatic rings. The normalized spacial score (nSPS) is 11.7. The highest BCUT2D eigenvalue weighted by Gasteiger charge is 2.22. The number of fused-ring (bicyclic) bond motifs is 26. The summed E-state index contributed by atoms with van der Waals surface area (Å²) < 4.78 is 0. The average Bonchev–Trinajstić information content (AvgIpc) is 0.760. The summed E-state index contributed by atoms with van der Waals surface area (Å²) in [6.45, 7) is 0. The first kappa shape index (κ1) is 78.7. The second kappa shape index (κ2) is 33.0. The van der Waals surface area contributed by atoms with Crippen LogP contribution in [0.3, 0.4) is 0 Å². The van der Waals surface area contributed by atoms with E-state index in [9.17, 15) is 0 Å². The number of aromatic nitrogens is 9. The zero-order valence-corrected chi connectivity index (χ0v) is 73.5. The Kier molecular flexibility index (Phi) is 19.1. The first-order valence-corrected chi connectivity index (χ1v) is 46.0. The molecule has 0 unspecified atom stereocenters. The summed E-state index contributed by atoms with van der Waals surface area (Å²) in [7, 11) is 0. The predicted molar refractivity (Wildman–Crippen MR) is 569 cm³/mol. The summed E-state index contributed by atoms with van der Waals surface area (Å²) in [4.78, 5) is 45.7. The summed E-state index contributed by atoms with van der Waals surface area (Å²) in [5.74, 6) is 5.93. The van der Waals surface area contributed by atoms with Gasteiger partial charge in [0, 0.05) is 50.1 Å². The van der Waals surface area contributed by atoms with E-state index in [0.29, 0.717) is 52.4 Å². The van der Waals surface area contributed by atoms with Crippen molar-refractivity contribution in [1.29, 1.82) is 0 Å². The van der Waals surface area contributed by atoms with Crippen LogP contribution in [-0.2, 0) is 0 Å².